The van der Waals surface area contributed by atoms with E-state index >= 15 is 0 Å². The van der Waals surface area contributed by atoms with Crippen LogP contribution in [0.4, 0.5) is 0 Å². The van der Waals surface area contributed by atoms with Crippen molar-refractivity contribution in [1.29, 1.82) is 0 Å². The lowest BCUT2D eigenvalue weighted by Gasteiger charge is -2.25. The van der Waals surface area contributed by atoms with Crippen LogP contribution in [0.25, 0.3) is 27.2 Å². The highest BCUT2D eigenvalue weighted by molar-refractivity contribution is 7.16. The number of fused-ring (bicyclic) bond motifs is 1. The first-order chi connectivity index (χ1) is 19.5. The number of nitrogens with two attached hydrogens (primary N) is 1. The molecule has 4 heterocycles. The standard InChI is InChI=1S/C30H28ClN5O3S/c1-18(22-5-2-6-25(28(22)31)39-21-9-12-33-13-10-21)38-26-15-27(40-29(26)30(32)37)36-17-35-23-14-19(7-8-24(23)36)20-4-3-11-34-16-20/h2-8,11,14-18,21,33H,9-10,12-13H2,1H3,(H2,32,37)/t18-/m1/s1. The highest BCUT2D eigenvalue weighted by atomic mass is 35.5. The predicted molar refractivity (Wildman–Crippen MR) is 158 cm³/mol. The number of imidazole rings is 1. The Morgan fingerprint density at radius 2 is 1.98 bits per heavy atom. The van der Waals surface area contributed by atoms with Crippen LogP contribution in [0.1, 0.15) is 41.1 Å². The topological polar surface area (TPSA) is 104 Å². The number of carbonyl (C=O) groups excluding carboxylic acids is 1. The van der Waals surface area contributed by atoms with Gasteiger partial charge in [-0.15, -0.1) is 11.3 Å². The van der Waals surface area contributed by atoms with Crippen LogP contribution in [0.2, 0.25) is 5.02 Å². The summed E-state index contributed by atoms with van der Waals surface area (Å²) in [5, 5.41) is 4.61. The molecule has 1 saturated heterocycles. The molecule has 6 rings (SSSR count). The summed E-state index contributed by atoms with van der Waals surface area (Å²) in [6.45, 7) is 3.75. The summed E-state index contributed by atoms with van der Waals surface area (Å²) in [5.41, 5.74) is 10.3. The highest BCUT2D eigenvalue weighted by Gasteiger charge is 2.23. The molecule has 0 radical (unpaired) electrons. The highest BCUT2D eigenvalue weighted by Crippen LogP contribution is 2.39. The number of piperidine rings is 1. The van der Waals surface area contributed by atoms with E-state index in [4.69, 9.17) is 26.8 Å². The fourth-order valence-electron chi connectivity index (χ4n) is 4.92. The molecular weight excluding hydrogens is 546 g/mol. The minimum atomic E-state index is -0.559. The van der Waals surface area contributed by atoms with E-state index in [1.807, 2.05) is 72.3 Å². The van der Waals surface area contributed by atoms with Crippen molar-refractivity contribution in [1.82, 2.24) is 19.9 Å². The largest absolute Gasteiger partial charge is 0.489 e. The zero-order valence-corrected chi connectivity index (χ0v) is 23.4. The van der Waals surface area contributed by atoms with Crippen LogP contribution in [-0.4, -0.2) is 39.6 Å². The fourth-order valence-corrected chi connectivity index (χ4v) is 6.17. The zero-order valence-electron chi connectivity index (χ0n) is 21.8. The number of hydrogen-bond acceptors (Lipinski definition) is 7. The maximum atomic E-state index is 12.4. The number of nitrogens with zero attached hydrogens (tertiary/aromatic N) is 3. The molecule has 5 aromatic rings. The van der Waals surface area contributed by atoms with Crippen molar-refractivity contribution >= 4 is 39.9 Å². The summed E-state index contributed by atoms with van der Waals surface area (Å²) in [7, 11) is 0. The summed E-state index contributed by atoms with van der Waals surface area (Å²) in [6.07, 6.45) is 6.84. The molecule has 0 unspecified atom stereocenters. The van der Waals surface area contributed by atoms with Gasteiger partial charge in [-0.05, 0) is 62.7 Å². The third-order valence-electron chi connectivity index (χ3n) is 7.00. The Balaban J connectivity index is 1.27. The van der Waals surface area contributed by atoms with Crippen molar-refractivity contribution in [3.8, 4) is 27.6 Å². The van der Waals surface area contributed by atoms with Gasteiger partial charge in [-0.25, -0.2) is 4.98 Å². The smallest absolute Gasteiger partial charge is 0.262 e. The molecule has 1 aliphatic heterocycles. The maximum absolute atomic E-state index is 12.4. The third kappa shape index (κ3) is 5.28. The second-order valence-electron chi connectivity index (χ2n) is 9.69. The van der Waals surface area contributed by atoms with Gasteiger partial charge >= 0.3 is 0 Å². The fraction of sp³-hybridized carbons (Fsp3) is 0.233. The molecule has 3 N–H and O–H groups in total. The summed E-state index contributed by atoms with van der Waals surface area (Å²) in [5.74, 6) is 0.476. The van der Waals surface area contributed by atoms with Crippen LogP contribution in [0, 0.1) is 0 Å². The molecule has 0 spiro atoms. The van der Waals surface area contributed by atoms with Crippen molar-refractivity contribution in [2.24, 2.45) is 5.73 Å². The van der Waals surface area contributed by atoms with Crippen molar-refractivity contribution < 1.29 is 14.3 Å². The maximum Gasteiger partial charge on any atom is 0.262 e. The molecule has 1 aliphatic rings. The van der Waals surface area contributed by atoms with Crippen LogP contribution in [0.3, 0.4) is 0 Å². The second-order valence-corrected chi connectivity index (χ2v) is 11.1. The first kappa shape index (κ1) is 26.3. The van der Waals surface area contributed by atoms with E-state index in [9.17, 15) is 4.79 Å². The van der Waals surface area contributed by atoms with Crippen LogP contribution in [-0.2, 0) is 0 Å². The van der Waals surface area contributed by atoms with E-state index in [1.54, 1.807) is 12.5 Å². The molecule has 204 valence electrons. The molecule has 0 bridgehead atoms. The van der Waals surface area contributed by atoms with Crippen LogP contribution in [0.15, 0.2) is 73.3 Å². The number of carbonyl (C=O) groups is 1. The van der Waals surface area contributed by atoms with Gasteiger partial charge in [0.15, 0.2) is 0 Å². The SMILES string of the molecule is C[C@@H](Oc1cc(-n2cnc3cc(-c4cccnc4)ccc32)sc1C(N)=O)c1cccc(OC2CCNCC2)c1Cl. The first-order valence-electron chi connectivity index (χ1n) is 13.1. The minimum absolute atomic E-state index is 0.122. The van der Waals surface area contributed by atoms with Gasteiger partial charge in [0.25, 0.3) is 5.91 Å². The molecule has 2 aromatic carbocycles. The molecule has 0 saturated carbocycles. The van der Waals surface area contributed by atoms with Gasteiger partial charge < -0.3 is 20.5 Å². The lowest BCUT2D eigenvalue weighted by Crippen LogP contribution is -2.34. The molecular formula is C30H28ClN5O3S. The molecule has 1 amide bonds. The molecule has 1 fully saturated rings. The zero-order chi connectivity index (χ0) is 27.6. The number of ether oxygens (including phenoxy) is 2. The molecule has 8 nitrogen and oxygen atoms in total. The lowest BCUT2D eigenvalue weighted by atomic mass is 10.1. The Bertz CT molecular complexity index is 1660. The van der Waals surface area contributed by atoms with Crippen LogP contribution >= 0.6 is 22.9 Å². The van der Waals surface area contributed by atoms with E-state index in [0.29, 0.717) is 21.4 Å². The Hall–Kier alpha value is -3.92. The van der Waals surface area contributed by atoms with Gasteiger partial charge in [0.1, 0.15) is 39.9 Å². The molecule has 10 heteroatoms. The van der Waals surface area contributed by atoms with E-state index < -0.39 is 12.0 Å². The average molecular weight is 574 g/mol. The summed E-state index contributed by atoms with van der Waals surface area (Å²) < 4.78 is 14.4. The average Bonchev–Trinajstić information content (AvgIpc) is 3.59. The number of pyridine rings is 1. The second kappa shape index (κ2) is 11.3. The predicted octanol–water partition coefficient (Wildman–Crippen LogP) is 6.17. The monoisotopic (exact) mass is 573 g/mol. The number of rotatable bonds is 8. The van der Waals surface area contributed by atoms with Gasteiger partial charge in [0.2, 0.25) is 0 Å². The van der Waals surface area contributed by atoms with Crippen molar-refractivity contribution in [2.75, 3.05) is 13.1 Å². The number of amides is 1. The van der Waals surface area contributed by atoms with Crippen molar-refractivity contribution in [3.05, 3.63) is 88.8 Å². The summed E-state index contributed by atoms with van der Waals surface area (Å²) >= 11 is 8.03. The van der Waals surface area contributed by atoms with Gasteiger partial charge in [0, 0.05) is 29.6 Å². The lowest BCUT2D eigenvalue weighted by molar-refractivity contribution is 0.0998. The van der Waals surface area contributed by atoms with E-state index in [0.717, 1.165) is 58.7 Å². The van der Waals surface area contributed by atoms with E-state index in [-0.39, 0.29) is 6.10 Å². The minimum Gasteiger partial charge on any atom is -0.489 e. The van der Waals surface area contributed by atoms with Gasteiger partial charge in [0.05, 0.1) is 16.1 Å². The molecule has 40 heavy (non-hydrogen) atoms. The molecule has 3 aromatic heterocycles. The van der Waals surface area contributed by atoms with Crippen LogP contribution < -0.4 is 20.5 Å². The molecule has 0 aliphatic carbocycles. The van der Waals surface area contributed by atoms with Crippen molar-refractivity contribution in [2.45, 2.75) is 32.0 Å². The Morgan fingerprint density at radius 3 is 2.75 bits per heavy atom. The Labute approximate surface area is 240 Å². The van der Waals surface area contributed by atoms with Gasteiger partial charge in [-0.3, -0.25) is 14.3 Å². The van der Waals surface area contributed by atoms with Crippen molar-refractivity contribution in [3.63, 3.8) is 0 Å². The third-order valence-corrected chi connectivity index (χ3v) is 8.54. The number of nitrogens with one attached hydrogen (secondary N) is 1. The van der Waals surface area contributed by atoms with Gasteiger partial charge in [-0.1, -0.05) is 35.9 Å². The number of primary amides is 1. The number of aromatic nitrogens is 3. The first-order valence-corrected chi connectivity index (χ1v) is 14.3. The normalized spacial score (nSPS) is 14.8. The van der Waals surface area contributed by atoms with Gasteiger partial charge in [-0.2, -0.15) is 0 Å². The summed E-state index contributed by atoms with van der Waals surface area (Å²) in [6, 6.07) is 17.5. The quantitative estimate of drug-likeness (QED) is 0.230. The number of benzene rings is 2. The summed E-state index contributed by atoms with van der Waals surface area (Å²) in [4.78, 5) is 21.5. The Kier molecular flexibility index (Phi) is 7.42. The number of thiophene rings is 1. The number of halogens is 1. The number of hydrogen-bond donors (Lipinski definition) is 2. The van der Waals surface area contributed by atoms with E-state index in [1.165, 1.54) is 11.3 Å². The molecule has 1 atom stereocenters. The van der Waals surface area contributed by atoms with Crippen LogP contribution in [0.5, 0.6) is 11.5 Å². The van der Waals surface area contributed by atoms with E-state index in [2.05, 4.69) is 15.3 Å². The Morgan fingerprint density at radius 1 is 1.12 bits per heavy atom.